The second-order valence-electron chi connectivity index (χ2n) is 6.30. The molecular weight excluding hydrogens is 332 g/mol. The maximum atomic E-state index is 11.7. The molecule has 4 rings (SSSR count). The third kappa shape index (κ3) is 3.58. The molecule has 0 radical (unpaired) electrons. The number of carbonyl (C=O) groups excluding carboxylic acids is 1. The van der Waals surface area contributed by atoms with Crippen molar-refractivity contribution in [3.8, 4) is 11.3 Å². The van der Waals surface area contributed by atoms with Gasteiger partial charge in [-0.05, 0) is 31.4 Å². The molecule has 0 unspecified atom stereocenters. The van der Waals surface area contributed by atoms with Crippen LogP contribution < -0.4 is 5.56 Å². The molecule has 1 N–H and O–H groups in total. The molecule has 0 bridgehead atoms. The molecule has 1 aliphatic rings. The van der Waals surface area contributed by atoms with Crippen LogP contribution in [0.1, 0.15) is 19.3 Å². The third-order valence-corrected chi connectivity index (χ3v) is 4.56. The normalized spacial score (nSPS) is 13.6. The van der Waals surface area contributed by atoms with Crippen molar-refractivity contribution in [2.75, 3.05) is 7.05 Å². The van der Waals surface area contributed by atoms with Gasteiger partial charge in [0, 0.05) is 31.9 Å². The van der Waals surface area contributed by atoms with Gasteiger partial charge in [-0.1, -0.05) is 6.58 Å². The van der Waals surface area contributed by atoms with Crippen LogP contribution in [0, 0.1) is 0 Å². The Bertz CT molecular complexity index is 979. The van der Waals surface area contributed by atoms with Crippen LogP contribution >= 0.6 is 0 Å². The van der Waals surface area contributed by atoms with Crippen molar-refractivity contribution in [2.24, 2.45) is 7.05 Å². The van der Waals surface area contributed by atoms with Gasteiger partial charge in [0.1, 0.15) is 5.52 Å². The molecule has 3 aromatic heterocycles. The van der Waals surface area contributed by atoms with Crippen molar-refractivity contribution in [1.82, 2.24) is 29.3 Å². The highest BCUT2D eigenvalue weighted by molar-refractivity contribution is 5.87. The molecule has 0 aromatic carbocycles. The van der Waals surface area contributed by atoms with E-state index in [0.717, 1.165) is 18.4 Å². The molecule has 3 aromatic rings. The number of nitrogens with one attached hydrogen (secondary N) is 1. The van der Waals surface area contributed by atoms with E-state index < -0.39 is 0 Å². The lowest BCUT2D eigenvalue weighted by atomic mass is 9.92. The molecule has 1 aliphatic carbocycles. The zero-order valence-corrected chi connectivity index (χ0v) is 14.9. The van der Waals surface area contributed by atoms with Gasteiger partial charge in [0.2, 0.25) is 5.91 Å². The summed E-state index contributed by atoms with van der Waals surface area (Å²) in [6, 6.07) is 2.16. The predicted octanol–water partition coefficient (Wildman–Crippen LogP) is 1.61. The summed E-state index contributed by atoms with van der Waals surface area (Å²) in [7, 11) is 3.67. The van der Waals surface area contributed by atoms with E-state index in [1.54, 1.807) is 38.8 Å². The Kier molecular flexibility index (Phi) is 5.01. The number of H-pyrrole nitrogens is 1. The summed E-state index contributed by atoms with van der Waals surface area (Å²) >= 11 is 0. The molecule has 0 aliphatic heterocycles. The average molecular weight is 354 g/mol. The lowest BCUT2D eigenvalue weighted by molar-refractivity contribution is -0.128. The van der Waals surface area contributed by atoms with E-state index in [9.17, 15) is 9.59 Å². The van der Waals surface area contributed by atoms with Gasteiger partial charge in [-0.25, -0.2) is 4.52 Å². The van der Waals surface area contributed by atoms with E-state index in [1.165, 1.54) is 12.5 Å². The number of rotatable bonds is 3. The van der Waals surface area contributed by atoms with E-state index in [0.29, 0.717) is 17.3 Å². The van der Waals surface area contributed by atoms with E-state index >= 15 is 0 Å². The van der Waals surface area contributed by atoms with Crippen LogP contribution in [0.4, 0.5) is 0 Å². The van der Waals surface area contributed by atoms with E-state index in [1.807, 2.05) is 20.3 Å². The molecule has 3 heterocycles. The lowest BCUT2D eigenvalue weighted by Crippen LogP contribution is -2.40. The van der Waals surface area contributed by atoms with E-state index in [4.69, 9.17) is 0 Å². The van der Waals surface area contributed by atoms with Crippen molar-refractivity contribution >= 4 is 11.4 Å². The highest BCUT2D eigenvalue weighted by Crippen LogP contribution is 2.23. The number of carbonyl (C=O) groups is 1. The standard InChI is InChI=1S/C10H9N5O.C8H13NO/c1-14-5-7(4-12-14)8-6-15-9(2-3-11-15)10(16)13-8;1-3-8(10)9(2)7-5-4-6-7/h2-6H,1H3,(H,13,16);3,7H,1,4-6H2,2H3. The van der Waals surface area contributed by atoms with Crippen LogP contribution in [-0.4, -0.2) is 48.3 Å². The molecule has 8 heteroatoms. The summed E-state index contributed by atoms with van der Waals surface area (Å²) in [6.07, 6.45) is 11.9. The van der Waals surface area contributed by atoms with Gasteiger partial charge in [-0.2, -0.15) is 10.2 Å². The van der Waals surface area contributed by atoms with Crippen LogP contribution in [0.25, 0.3) is 16.8 Å². The molecule has 0 atom stereocenters. The zero-order chi connectivity index (χ0) is 18.7. The Morgan fingerprint density at radius 3 is 2.73 bits per heavy atom. The van der Waals surface area contributed by atoms with Gasteiger partial charge < -0.3 is 9.88 Å². The minimum atomic E-state index is -0.154. The largest absolute Gasteiger partial charge is 0.339 e. The fraction of sp³-hybridized carbons (Fsp3) is 0.333. The number of hydrogen-bond donors (Lipinski definition) is 1. The van der Waals surface area contributed by atoms with Gasteiger partial charge in [0.25, 0.3) is 5.56 Å². The number of aromatic nitrogens is 5. The average Bonchev–Trinajstić information content (AvgIpc) is 3.22. The summed E-state index contributed by atoms with van der Waals surface area (Å²) in [5.41, 5.74) is 1.94. The van der Waals surface area contributed by atoms with Gasteiger partial charge in [-0.15, -0.1) is 0 Å². The minimum absolute atomic E-state index is 0.0460. The summed E-state index contributed by atoms with van der Waals surface area (Å²) < 4.78 is 3.24. The van der Waals surface area contributed by atoms with E-state index in [2.05, 4.69) is 21.8 Å². The third-order valence-electron chi connectivity index (χ3n) is 4.56. The molecule has 8 nitrogen and oxygen atoms in total. The molecule has 26 heavy (non-hydrogen) atoms. The Balaban J connectivity index is 0.000000170. The summed E-state index contributed by atoms with van der Waals surface area (Å²) in [5, 5.41) is 8.10. The fourth-order valence-electron chi connectivity index (χ4n) is 2.74. The van der Waals surface area contributed by atoms with Crippen LogP contribution in [0.3, 0.4) is 0 Å². The maximum Gasteiger partial charge on any atom is 0.274 e. The van der Waals surface area contributed by atoms with Gasteiger partial charge >= 0.3 is 0 Å². The first-order valence-corrected chi connectivity index (χ1v) is 8.44. The first kappa shape index (κ1) is 17.7. The molecule has 1 amide bonds. The van der Waals surface area contributed by atoms with Crippen molar-refractivity contribution in [1.29, 1.82) is 0 Å². The Morgan fingerprint density at radius 1 is 1.38 bits per heavy atom. The highest BCUT2D eigenvalue weighted by Gasteiger charge is 2.23. The van der Waals surface area contributed by atoms with Crippen molar-refractivity contribution in [3.05, 3.63) is 53.9 Å². The van der Waals surface area contributed by atoms with Gasteiger partial charge in [-0.3, -0.25) is 14.3 Å². The van der Waals surface area contributed by atoms with Crippen molar-refractivity contribution < 1.29 is 4.79 Å². The monoisotopic (exact) mass is 354 g/mol. The maximum absolute atomic E-state index is 11.7. The number of fused-ring (bicyclic) bond motifs is 1. The van der Waals surface area contributed by atoms with Crippen molar-refractivity contribution in [2.45, 2.75) is 25.3 Å². The van der Waals surface area contributed by atoms with Crippen LogP contribution in [0.15, 0.2) is 48.3 Å². The number of aryl methyl sites for hydroxylation is 1. The number of likely N-dealkylation sites (N-methyl/N-ethyl adjacent to an activating group) is 1. The SMILES string of the molecule is C=CC(=O)N(C)C1CCC1.Cn1cc(-c2cn3nccc3c(=O)[nH]2)cn1. The first-order valence-electron chi connectivity index (χ1n) is 8.44. The smallest absolute Gasteiger partial charge is 0.274 e. The number of amides is 1. The van der Waals surface area contributed by atoms with Crippen molar-refractivity contribution in [3.63, 3.8) is 0 Å². The Labute approximate surface area is 150 Å². The molecule has 136 valence electrons. The van der Waals surface area contributed by atoms with Gasteiger partial charge in [0.15, 0.2) is 0 Å². The molecule has 0 spiro atoms. The van der Waals surface area contributed by atoms with Crippen LogP contribution in [0.5, 0.6) is 0 Å². The second kappa shape index (κ2) is 7.38. The van der Waals surface area contributed by atoms with Gasteiger partial charge in [0.05, 0.1) is 24.3 Å². The molecule has 1 saturated carbocycles. The molecule has 1 fully saturated rings. The highest BCUT2D eigenvalue weighted by atomic mass is 16.2. The second-order valence-corrected chi connectivity index (χ2v) is 6.30. The van der Waals surface area contributed by atoms with E-state index in [-0.39, 0.29) is 11.5 Å². The quantitative estimate of drug-likeness (QED) is 0.724. The summed E-state index contributed by atoms with van der Waals surface area (Å²) in [4.78, 5) is 27.2. The minimum Gasteiger partial charge on any atom is -0.339 e. The Hall–Kier alpha value is -3.16. The number of aromatic amines is 1. The number of hydrogen-bond acceptors (Lipinski definition) is 4. The molecule has 0 saturated heterocycles. The first-order chi connectivity index (χ1) is 12.5. The Morgan fingerprint density at radius 2 is 2.15 bits per heavy atom. The zero-order valence-electron chi connectivity index (χ0n) is 14.9. The fourth-order valence-corrected chi connectivity index (χ4v) is 2.74. The number of nitrogens with zero attached hydrogens (tertiary/aromatic N) is 5. The van der Waals surface area contributed by atoms with Crippen LogP contribution in [-0.2, 0) is 11.8 Å². The van der Waals surface area contributed by atoms with Crippen LogP contribution in [0.2, 0.25) is 0 Å². The molecular formula is C18H22N6O2. The summed E-state index contributed by atoms with van der Waals surface area (Å²) in [6.45, 7) is 3.43. The lowest BCUT2D eigenvalue weighted by Gasteiger charge is -2.33. The topological polar surface area (TPSA) is 88.3 Å². The summed E-state index contributed by atoms with van der Waals surface area (Å²) in [5.74, 6) is 0.0460. The predicted molar refractivity (Wildman–Crippen MR) is 98.6 cm³/mol.